The molecule has 0 spiro atoms. The molecule has 2 aliphatic carbocycles. The van der Waals surface area contributed by atoms with Crippen LogP contribution in [0, 0.1) is 16.7 Å². The van der Waals surface area contributed by atoms with Crippen molar-refractivity contribution in [3.05, 3.63) is 30.1 Å². The highest BCUT2D eigenvalue weighted by atomic mass is 16.5. The van der Waals surface area contributed by atoms with Gasteiger partial charge < -0.3 is 4.74 Å². The normalized spacial score (nSPS) is 35.3. The van der Waals surface area contributed by atoms with Gasteiger partial charge in [0.1, 0.15) is 6.10 Å². The summed E-state index contributed by atoms with van der Waals surface area (Å²) in [5.74, 6) is 0.451. The number of ether oxygens (including phenoxy) is 1. The Morgan fingerprint density at radius 1 is 1.42 bits per heavy atom. The van der Waals surface area contributed by atoms with Gasteiger partial charge in [0, 0.05) is 17.8 Å². The summed E-state index contributed by atoms with van der Waals surface area (Å²) in [7, 11) is 0. The lowest BCUT2D eigenvalue weighted by molar-refractivity contribution is -0.0242. The molecule has 2 aliphatic rings. The first-order valence-electron chi connectivity index (χ1n) is 7.06. The average Bonchev–Trinajstić information content (AvgIpc) is 2.73. The molecule has 1 heterocycles. The third-order valence-electron chi connectivity index (χ3n) is 5.86. The average molecular weight is 259 g/mol. The molecule has 0 radical (unpaired) electrons. The largest absolute Gasteiger partial charge is 0.458 e. The standard InChI is InChI=1S/C16H21NO2/c1-15(2)12-6-7-16(15,3)13(9-12)19-14(18)11-5-4-8-17-10-11/h4-5,8,10,12-13H,6-7,9H2,1-3H3. The number of fused-ring (bicyclic) bond motifs is 2. The summed E-state index contributed by atoms with van der Waals surface area (Å²) in [4.78, 5) is 16.1. The van der Waals surface area contributed by atoms with E-state index in [-0.39, 0.29) is 22.9 Å². The number of pyridine rings is 1. The van der Waals surface area contributed by atoms with E-state index in [0.29, 0.717) is 11.5 Å². The van der Waals surface area contributed by atoms with E-state index in [1.807, 2.05) is 0 Å². The first-order valence-corrected chi connectivity index (χ1v) is 7.06. The van der Waals surface area contributed by atoms with E-state index < -0.39 is 0 Å². The lowest BCUT2D eigenvalue weighted by Crippen LogP contribution is -2.38. The van der Waals surface area contributed by atoms with Gasteiger partial charge in [-0.2, -0.15) is 0 Å². The number of hydrogen-bond acceptors (Lipinski definition) is 3. The fourth-order valence-corrected chi connectivity index (χ4v) is 3.99. The van der Waals surface area contributed by atoms with E-state index in [9.17, 15) is 4.79 Å². The number of aromatic nitrogens is 1. The van der Waals surface area contributed by atoms with Crippen molar-refractivity contribution in [1.82, 2.24) is 4.98 Å². The number of carbonyl (C=O) groups is 1. The Labute approximate surface area is 114 Å². The number of carbonyl (C=O) groups excluding carboxylic acids is 1. The summed E-state index contributed by atoms with van der Waals surface area (Å²) in [5, 5.41) is 0. The fraction of sp³-hybridized carbons (Fsp3) is 0.625. The Kier molecular flexibility index (Phi) is 2.70. The van der Waals surface area contributed by atoms with Crippen LogP contribution in [0.2, 0.25) is 0 Å². The van der Waals surface area contributed by atoms with Gasteiger partial charge >= 0.3 is 5.97 Å². The topological polar surface area (TPSA) is 39.2 Å². The Bertz CT molecular complexity index is 497. The highest BCUT2D eigenvalue weighted by Crippen LogP contribution is 2.66. The van der Waals surface area contributed by atoms with Crippen molar-refractivity contribution in [2.24, 2.45) is 16.7 Å². The van der Waals surface area contributed by atoms with Gasteiger partial charge in [-0.25, -0.2) is 4.79 Å². The van der Waals surface area contributed by atoms with E-state index >= 15 is 0 Å². The quantitative estimate of drug-likeness (QED) is 0.764. The smallest absolute Gasteiger partial charge is 0.339 e. The monoisotopic (exact) mass is 259 g/mol. The molecule has 0 N–H and O–H groups in total. The second-order valence-electron chi connectivity index (χ2n) is 6.75. The van der Waals surface area contributed by atoms with Crippen molar-refractivity contribution in [3.63, 3.8) is 0 Å². The van der Waals surface area contributed by atoms with Crippen LogP contribution in [0.1, 0.15) is 50.4 Å². The second-order valence-corrected chi connectivity index (χ2v) is 6.75. The first-order chi connectivity index (χ1) is 8.95. The summed E-state index contributed by atoms with van der Waals surface area (Å²) in [6.07, 6.45) is 6.73. The van der Waals surface area contributed by atoms with Crippen molar-refractivity contribution >= 4 is 5.97 Å². The zero-order valence-electron chi connectivity index (χ0n) is 11.8. The molecule has 19 heavy (non-hydrogen) atoms. The van der Waals surface area contributed by atoms with Gasteiger partial charge in [-0.1, -0.05) is 20.8 Å². The van der Waals surface area contributed by atoms with Gasteiger partial charge in [0.05, 0.1) is 5.56 Å². The van der Waals surface area contributed by atoms with Gasteiger partial charge in [0.15, 0.2) is 0 Å². The third kappa shape index (κ3) is 1.71. The van der Waals surface area contributed by atoms with Crippen LogP contribution in [0.15, 0.2) is 24.5 Å². The minimum atomic E-state index is -0.234. The maximum Gasteiger partial charge on any atom is 0.339 e. The molecule has 0 saturated heterocycles. The lowest BCUT2D eigenvalue weighted by Gasteiger charge is -2.38. The number of esters is 1. The Hall–Kier alpha value is -1.38. The summed E-state index contributed by atoms with van der Waals surface area (Å²) in [5.41, 5.74) is 0.939. The van der Waals surface area contributed by atoms with E-state index in [1.165, 1.54) is 6.42 Å². The summed E-state index contributed by atoms with van der Waals surface area (Å²) < 4.78 is 5.79. The summed E-state index contributed by atoms with van der Waals surface area (Å²) >= 11 is 0. The molecule has 3 nitrogen and oxygen atoms in total. The van der Waals surface area contributed by atoms with Crippen LogP contribution in [-0.4, -0.2) is 17.1 Å². The van der Waals surface area contributed by atoms with Crippen LogP contribution < -0.4 is 0 Å². The molecule has 0 amide bonds. The zero-order valence-corrected chi connectivity index (χ0v) is 11.8. The highest BCUT2D eigenvalue weighted by molar-refractivity contribution is 5.89. The Balaban J connectivity index is 1.78. The minimum Gasteiger partial charge on any atom is -0.458 e. The van der Waals surface area contributed by atoms with Gasteiger partial charge in [0.2, 0.25) is 0 Å². The first kappa shape index (κ1) is 12.6. The molecule has 0 aliphatic heterocycles. The zero-order chi connectivity index (χ0) is 13.7. The second kappa shape index (κ2) is 4.06. The Morgan fingerprint density at radius 3 is 2.74 bits per heavy atom. The van der Waals surface area contributed by atoms with E-state index in [2.05, 4.69) is 25.8 Å². The number of rotatable bonds is 2. The fourth-order valence-electron chi connectivity index (χ4n) is 3.99. The number of nitrogens with zero attached hydrogens (tertiary/aromatic N) is 1. The van der Waals surface area contributed by atoms with Crippen LogP contribution in [0.3, 0.4) is 0 Å². The molecule has 3 rings (SSSR count). The molecular formula is C16H21NO2. The van der Waals surface area contributed by atoms with Crippen LogP contribution in [0.4, 0.5) is 0 Å². The summed E-state index contributed by atoms with van der Waals surface area (Å²) in [6.45, 7) is 6.92. The van der Waals surface area contributed by atoms with Gasteiger partial charge in [-0.3, -0.25) is 4.98 Å². The van der Waals surface area contributed by atoms with E-state index in [4.69, 9.17) is 4.74 Å². The maximum absolute atomic E-state index is 12.2. The van der Waals surface area contributed by atoms with Crippen LogP contribution in [-0.2, 0) is 4.74 Å². The molecule has 1 aromatic rings. The van der Waals surface area contributed by atoms with Crippen molar-refractivity contribution in [2.75, 3.05) is 0 Å². The van der Waals surface area contributed by atoms with Crippen molar-refractivity contribution < 1.29 is 9.53 Å². The molecule has 0 aromatic carbocycles. The van der Waals surface area contributed by atoms with Crippen LogP contribution in [0.25, 0.3) is 0 Å². The predicted molar refractivity (Wildman–Crippen MR) is 72.7 cm³/mol. The molecule has 2 saturated carbocycles. The minimum absolute atomic E-state index is 0.0500. The number of hydrogen-bond donors (Lipinski definition) is 0. The van der Waals surface area contributed by atoms with Crippen LogP contribution >= 0.6 is 0 Å². The van der Waals surface area contributed by atoms with Gasteiger partial charge in [-0.05, 0) is 42.7 Å². The SMILES string of the molecule is CC1(C)C2CCC1(C)C(OC(=O)c1cccnc1)C2. The molecular weight excluding hydrogens is 238 g/mol. The maximum atomic E-state index is 12.2. The van der Waals surface area contributed by atoms with Crippen LogP contribution in [0.5, 0.6) is 0 Å². The molecule has 2 fully saturated rings. The molecule has 3 atom stereocenters. The highest BCUT2D eigenvalue weighted by Gasteiger charge is 2.62. The lowest BCUT2D eigenvalue weighted by atomic mass is 9.70. The Morgan fingerprint density at radius 2 is 2.21 bits per heavy atom. The van der Waals surface area contributed by atoms with Crippen molar-refractivity contribution in [1.29, 1.82) is 0 Å². The summed E-state index contributed by atoms with van der Waals surface area (Å²) in [6, 6.07) is 3.53. The van der Waals surface area contributed by atoms with Crippen molar-refractivity contribution in [3.8, 4) is 0 Å². The predicted octanol–water partition coefficient (Wildman–Crippen LogP) is 3.45. The molecule has 3 heteroatoms. The van der Waals surface area contributed by atoms with E-state index in [1.54, 1.807) is 24.5 Å². The van der Waals surface area contributed by atoms with E-state index in [0.717, 1.165) is 12.8 Å². The molecule has 1 aromatic heterocycles. The van der Waals surface area contributed by atoms with Gasteiger partial charge in [0.25, 0.3) is 0 Å². The third-order valence-corrected chi connectivity index (χ3v) is 5.86. The molecule has 3 unspecified atom stereocenters. The molecule has 2 bridgehead atoms. The van der Waals surface area contributed by atoms with Crippen molar-refractivity contribution in [2.45, 2.75) is 46.1 Å². The molecule has 102 valence electrons. The van der Waals surface area contributed by atoms with Gasteiger partial charge in [-0.15, -0.1) is 0 Å².